The number of nitrogens with one attached hydrogen (secondary N) is 1. The molecule has 160 valence electrons. The van der Waals surface area contributed by atoms with Crippen LogP contribution in [-0.4, -0.2) is 35.9 Å². The van der Waals surface area contributed by atoms with Gasteiger partial charge in [0.05, 0.1) is 7.11 Å². The molecule has 1 aliphatic rings. The van der Waals surface area contributed by atoms with Gasteiger partial charge in [-0.2, -0.15) is 0 Å². The number of rotatable bonds is 9. The number of hydrogen-bond acceptors (Lipinski definition) is 3. The highest BCUT2D eigenvalue weighted by Crippen LogP contribution is 2.19. The van der Waals surface area contributed by atoms with Gasteiger partial charge in [0.2, 0.25) is 11.8 Å². The Morgan fingerprint density at radius 2 is 1.70 bits per heavy atom. The third-order valence-corrected chi connectivity index (χ3v) is 5.85. The molecule has 0 heterocycles. The van der Waals surface area contributed by atoms with E-state index in [1.165, 1.54) is 0 Å². The van der Waals surface area contributed by atoms with E-state index in [-0.39, 0.29) is 17.9 Å². The molecule has 5 nitrogen and oxygen atoms in total. The minimum Gasteiger partial charge on any atom is -0.497 e. The van der Waals surface area contributed by atoms with Crippen LogP contribution in [0.4, 0.5) is 0 Å². The van der Waals surface area contributed by atoms with Crippen molar-refractivity contribution >= 4 is 11.8 Å². The Hall–Kier alpha value is -2.82. The van der Waals surface area contributed by atoms with E-state index in [1.807, 2.05) is 61.5 Å². The van der Waals surface area contributed by atoms with Crippen LogP contribution in [0.25, 0.3) is 0 Å². The first-order valence-electron chi connectivity index (χ1n) is 10.8. The highest BCUT2D eigenvalue weighted by atomic mass is 16.5. The fourth-order valence-corrected chi connectivity index (χ4v) is 3.94. The maximum Gasteiger partial charge on any atom is 0.242 e. The SMILES string of the molecule is COc1ccc(CN(C(=O)CCc2ccccc2)[C@@H](C)C(=O)NC2CCCC2)cc1. The fourth-order valence-electron chi connectivity index (χ4n) is 3.94. The van der Waals surface area contributed by atoms with E-state index in [9.17, 15) is 9.59 Å². The number of hydrogen-bond donors (Lipinski definition) is 1. The minimum atomic E-state index is -0.518. The average molecular weight is 409 g/mol. The van der Waals surface area contributed by atoms with Crippen LogP contribution in [-0.2, 0) is 22.6 Å². The second-order valence-electron chi connectivity index (χ2n) is 8.02. The first kappa shape index (κ1) is 21.9. The van der Waals surface area contributed by atoms with Crippen molar-refractivity contribution in [3.8, 4) is 5.75 Å². The Balaban J connectivity index is 1.70. The number of carbonyl (C=O) groups is 2. The molecule has 0 unspecified atom stereocenters. The van der Waals surface area contributed by atoms with Gasteiger partial charge in [-0.15, -0.1) is 0 Å². The molecule has 0 saturated heterocycles. The molecule has 0 aliphatic heterocycles. The first-order valence-corrected chi connectivity index (χ1v) is 10.8. The lowest BCUT2D eigenvalue weighted by Crippen LogP contribution is -2.49. The molecule has 1 atom stereocenters. The highest BCUT2D eigenvalue weighted by molar-refractivity contribution is 5.87. The van der Waals surface area contributed by atoms with E-state index in [1.54, 1.807) is 12.0 Å². The molecule has 2 aromatic carbocycles. The summed E-state index contributed by atoms with van der Waals surface area (Å²) >= 11 is 0. The quantitative estimate of drug-likeness (QED) is 0.679. The average Bonchev–Trinajstić information content (AvgIpc) is 3.29. The van der Waals surface area contributed by atoms with Gasteiger partial charge in [0, 0.05) is 19.0 Å². The van der Waals surface area contributed by atoms with Gasteiger partial charge >= 0.3 is 0 Å². The Bertz CT molecular complexity index is 814. The van der Waals surface area contributed by atoms with Crippen LogP contribution < -0.4 is 10.1 Å². The number of methoxy groups -OCH3 is 1. The zero-order chi connectivity index (χ0) is 21.3. The molecule has 1 fully saturated rings. The molecule has 30 heavy (non-hydrogen) atoms. The molecule has 0 radical (unpaired) electrons. The number of nitrogens with zero attached hydrogens (tertiary/aromatic N) is 1. The van der Waals surface area contributed by atoms with Crippen LogP contribution in [0, 0.1) is 0 Å². The minimum absolute atomic E-state index is 0.0104. The number of aryl methyl sites for hydroxylation is 1. The van der Waals surface area contributed by atoms with Crippen LogP contribution >= 0.6 is 0 Å². The zero-order valence-corrected chi connectivity index (χ0v) is 18.0. The second-order valence-corrected chi connectivity index (χ2v) is 8.02. The van der Waals surface area contributed by atoms with Gasteiger partial charge in [-0.1, -0.05) is 55.3 Å². The molecular weight excluding hydrogens is 376 g/mol. The summed E-state index contributed by atoms with van der Waals surface area (Å²) < 4.78 is 5.22. The van der Waals surface area contributed by atoms with Crippen molar-refractivity contribution in [3.05, 3.63) is 65.7 Å². The van der Waals surface area contributed by atoms with Crippen LogP contribution in [0.5, 0.6) is 5.75 Å². The lowest BCUT2D eigenvalue weighted by atomic mass is 10.1. The van der Waals surface area contributed by atoms with Crippen molar-refractivity contribution in [1.82, 2.24) is 10.2 Å². The van der Waals surface area contributed by atoms with Crippen LogP contribution in [0.3, 0.4) is 0 Å². The van der Waals surface area contributed by atoms with Crippen molar-refractivity contribution < 1.29 is 14.3 Å². The van der Waals surface area contributed by atoms with Gasteiger partial charge in [-0.25, -0.2) is 0 Å². The predicted molar refractivity (Wildman–Crippen MR) is 118 cm³/mol. The molecule has 2 amide bonds. The molecule has 2 aromatic rings. The summed E-state index contributed by atoms with van der Waals surface area (Å²) in [5, 5.41) is 3.14. The van der Waals surface area contributed by atoms with Gasteiger partial charge in [0.15, 0.2) is 0 Å². The Labute approximate surface area is 179 Å². The smallest absolute Gasteiger partial charge is 0.242 e. The monoisotopic (exact) mass is 408 g/mol. The van der Waals surface area contributed by atoms with E-state index < -0.39 is 6.04 Å². The third-order valence-electron chi connectivity index (χ3n) is 5.85. The summed E-state index contributed by atoms with van der Waals surface area (Å²) in [6.07, 6.45) is 5.41. The van der Waals surface area contributed by atoms with Crippen molar-refractivity contribution in [2.75, 3.05) is 7.11 Å². The standard InChI is InChI=1S/C25H32N2O3/c1-19(25(29)26-22-10-6-7-11-22)27(18-21-12-15-23(30-2)16-13-21)24(28)17-14-20-8-4-3-5-9-20/h3-5,8-9,12-13,15-16,19,22H,6-7,10-11,14,17-18H2,1-2H3,(H,26,29)/t19-/m0/s1. The predicted octanol–water partition coefficient (Wildman–Crippen LogP) is 4.10. The number of amides is 2. The normalized spacial score (nSPS) is 14.9. The van der Waals surface area contributed by atoms with Gasteiger partial charge in [-0.3, -0.25) is 9.59 Å². The Morgan fingerprint density at radius 1 is 1.03 bits per heavy atom. The largest absolute Gasteiger partial charge is 0.497 e. The molecular formula is C25H32N2O3. The van der Waals surface area contributed by atoms with Gasteiger partial charge in [0.25, 0.3) is 0 Å². The number of benzene rings is 2. The van der Waals surface area contributed by atoms with Gasteiger partial charge in [-0.05, 0) is 49.4 Å². The summed E-state index contributed by atoms with van der Waals surface area (Å²) in [6.45, 7) is 2.23. The summed E-state index contributed by atoms with van der Waals surface area (Å²) in [5.41, 5.74) is 2.10. The summed E-state index contributed by atoms with van der Waals surface area (Å²) in [5.74, 6) is 0.694. The molecule has 0 spiro atoms. The van der Waals surface area contributed by atoms with Crippen LogP contribution in [0.2, 0.25) is 0 Å². The second kappa shape index (κ2) is 10.8. The fraction of sp³-hybridized carbons (Fsp3) is 0.440. The number of carbonyl (C=O) groups excluding carboxylic acids is 2. The van der Waals surface area contributed by atoms with E-state index in [0.717, 1.165) is 42.6 Å². The van der Waals surface area contributed by atoms with E-state index in [2.05, 4.69) is 5.32 Å². The molecule has 1 aliphatic carbocycles. The van der Waals surface area contributed by atoms with E-state index in [4.69, 9.17) is 4.74 Å². The van der Waals surface area contributed by atoms with Crippen LogP contribution in [0.15, 0.2) is 54.6 Å². The molecule has 1 N–H and O–H groups in total. The van der Waals surface area contributed by atoms with Crippen molar-refractivity contribution in [2.45, 2.75) is 64.1 Å². The molecule has 5 heteroatoms. The zero-order valence-electron chi connectivity index (χ0n) is 18.0. The third kappa shape index (κ3) is 6.09. The maximum atomic E-state index is 13.1. The molecule has 3 rings (SSSR count). The molecule has 0 aromatic heterocycles. The maximum absolute atomic E-state index is 13.1. The van der Waals surface area contributed by atoms with Gasteiger partial charge in [0.1, 0.15) is 11.8 Å². The van der Waals surface area contributed by atoms with Crippen molar-refractivity contribution in [3.63, 3.8) is 0 Å². The lowest BCUT2D eigenvalue weighted by molar-refractivity contribution is -0.140. The van der Waals surface area contributed by atoms with E-state index in [0.29, 0.717) is 19.4 Å². The summed E-state index contributed by atoms with van der Waals surface area (Å²) in [7, 11) is 1.63. The molecule has 0 bridgehead atoms. The summed E-state index contributed by atoms with van der Waals surface area (Å²) in [6, 6.07) is 17.3. The Morgan fingerprint density at radius 3 is 2.33 bits per heavy atom. The first-order chi connectivity index (χ1) is 14.6. The lowest BCUT2D eigenvalue weighted by Gasteiger charge is -2.30. The van der Waals surface area contributed by atoms with Crippen molar-refractivity contribution in [2.24, 2.45) is 0 Å². The topological polar surface area (TPSA) is 58.6 Å². The van der Waals surface area contributed by atoms with Crippen molar-refractivity contribution in [1.29, 1.82) is 0 Å². The summed E-state index contributed by atoms with van der Waals surface area (Å²) in [4.78, 5) is 27.7. The van der Waals surface area contributed by atoms with Gasteiger partial charge < -0.3 is 15.0 Å². The molecule has 1 saturated carbocycles. The van der Waals surface area contributed by atoms with Crippen LogP contribution in [0.1, 0.15) is 50.2 Å². The number of ether oxygens (including phenoxy) is 1. The van der Waals surface area contributed by atoms with E-state index >= 15 is 0 Å². The Kier molecular flexibility index (Phi) is 7.89. The highest BCUT2D eigenvalue weighted by Gasteiger charge is 2.28.